The minimum absolute atomic E-state index is 0.181. The molecule has 0 heterocycles. The first kappa shape index (κ1) is 13.8. The number of benzene rings is 2. The third-order valence-electron chi connectivity index (χ3n) is 2.40. The minimum Gasteiger partial charge on any atom is -0.422 e. The van der Waals surface area contributed by atoms with Crippen LogP contribution in [0.2, 0.25) is 5.02 Å². The number of rotatable bonds is 3. The normalized spacial score (nSPS) is 10.0. The minimum atomic E-state index is -0.544. The second-order valence-corrected chi connectivity index (χ2v) is 4.96. The Kier molecular flexibility index (Phi) is 4.35. The van der Waals surface area contributed by atoms with Gasteiger partial charge in [0, 0.05) is 9.50 Å². The van der Waals surface area contributed by atoms with Gasteiger partial charge in [0.2, 0.25) is 0 Å². The van der Waals surface area contributed by atoms with Crippen molar-refractivity contribution in [1.82, 2.24) is 0 Å². The molecule has 0 aromatic heterocycles. The van der Waals surface area contributed by atoms with Gasteiger partial charge in [-0.1, -0.05) is 23.7 Å². The summed E-state index contributed by atoms with van der Waals surface area (Å²) >= 11 is 9.03. The van der Waals surface area contributed by atoms with Gasteiger partial charge in [-0.15, -0.1) is 0 Å². The van der Waals surface area contributed by atoms with E-state index in [4.69, 9.17) is 16.3 Å². The lowest BCUT2D eigenvalue weighted by molar-refractivity contribution is 0.0732. The van der Waals surface area contributed by atoms with Crippen LogP contribution in [-0.2, 0) is 0 Å². The van der Waals surface area contributed by atoms with Crippen molar-refractivity contribution in [2.24, 2.45) is 0 Å². The molecular weight excluding hydrogens is 332 g/mol. The van der Waals surface area contributed by atoms with Gasteiger partial charge >= 0.3 is 5.97 Å². The van der Waals surface area contributed by atoms with Crippen molar-refractivity contribution in [3.05, 3.63) is 63.1 Å². The summed E-state index contributed by atoms with van der Waals surface area (Å²) in [5.41, 5.74) is 0.613. The summed E-state index contributed by atoms with van der Waals surface area (Å²) in [5, 5.41) is 0.405. The molecule has 0 aliphatic heterocycles. The average molecular weight is 340 g/mol. The highest BCUT2D eigenvalue weighted by Gasteiger charge is 2.14. The van der Waals surface area contributed by atoms with Gasteiger partial charge in [0.05, 0.1) is 11.1 Å². The Hall–Kier alpha value is -1.65. The van der Waals surface area contributed by atoms with Crippen LogP contribution in [0.15, 0.2) is 46.9 Å². The highest BCUT2D eigenvalue weighted by Crippen LogP contribution is 2.24. The summed E-state index contributed by atoms with van der Waals surface area (Å²) in [6.07, 6.45) is 0.592. The number of hydrogen-bond donors (Lipinski definition) is 0. The van der Waals surface area contributed by atoms with Crippen LogP contribution in [0, 0.1) is 0 Å². The Labute approximate surface area is 123 Å². The molecule has 2 aromatic rings. The molecule has 19 heavy (non-hydrogen) atoms. The predicted octanol–water partition coefficient (Wildman–Crippen LogP) is 4.13. The van der Waals surface area contributed by atoms with Crippen molar-refractivity contribution >= 4 is 39.8 Å². The lowest BCUT2D eigenvalue weighted by Gasteiger charge is -2.08. The standard InChI is InChI=1S/C14H8BrClO3/c15-12-4-2-1-3-11(12)14(18)19-13-6-5-10(16)7-9(13)8-17/h1-8H. The summed E-state index contributed by atoms with van der Waals surface area (Å²) in [7, 11) is 0. The highest BCUT2D eigenvalue weighted by atomic mass is 79.9. The molecule has 0 saturated heterocycles. The van der Waals surface area contributed by atoms with Gasteiger partial charge < -0.3 is 4.74 Å². The van der Waals surface area contributed by atoms with Crippen LogP contribution in [-0.4, -0.2) is 12.3 Å². The zero-order chi connectivity index (χ0) is 13.8. The third kappa shape index (κ3) is 3.22. The first-order valence-electron chi connectivity index (χ1n) is 5.33. The second-order valence-electron chi connectivity index (χ2n) is 3.67. The smallest absolute Gasteiger partial charge is 0.344 e. The molecule has 0 aliphatic rings. The van der Waals surface area contributed by atoms with E-state index in [-0.39, 0.29) is 11.3 Å². The first-order chi connectivity index (χ1) is 9.11. The van der Waals surface area contributed by atoms with Crippen LogP contribution >= 0.6 is 27.5 Å². The summed E-state index contributed by atoms with van der Waals surface area (Å²) in [6.45, 7) is 0. The molecule has 2 aromatic carbocycles. The fourth-order valence-electron chi connectivity index (χ4n) is 1.49. The van der Waals surface area contributed by atoms with Gasteiger partial charge in [0.1, 0.15) is 5.75 Å². The number of aldehydes is 1. The zero-order valence-corrected chi connectivity index (χ0v) is 11.9. The molecule has 0 aliphatic carbocycles. The van der Waals surface area contributed by atoms with Crippen LogP contribution < -0.4 is 4.74 Å². The molecule has 5 heteroatoms. The largest absolute Gasteiger partial charge is 0.422 e. The van der Waals surface area contributed by atoms with E-state index in [1.165, 1.54) is 12.1 Å². The van der Waals surface area contributed by atoms with Crippen molar-refractivity contribution in [2.75, 3.05) is 0 Å². The fraction of sp³-hybridized carbons (Fsp3) is 0. The Morgan fingerprint density at radius 3 is 2.63 bits per heavy atom. The topological polar surface area (TPSA) is 43.4 Å². The molecule has 0 spiro atoms. The van der Waals surface area contributed by atoms with Crippen molar-refractivity contribution in [3.8, 4) is 5.75 Å². The lowest BCUT2D eigenvalue weighted by atomic mass is 10.2. The molecule has 2 rings (SSSR count). The lowest BCUT2D eigenvalue weighted by Crippen LogP contribution is -2.10. The Morgan fingerprint density at radius 1 is 1.21 bits per heavy atom. The molecule has 0 bridgehead atoms. The van der Waals surface area contributed by atoms with Crippen LogP contribution in [0.1, 0.15) is 20.7 Å². The number of hydrogen-bond acceptors (Lipinski definition) is 3. The van der Waals surface area contributed by atoms with E-state index in [1.807, 2.05) is 0 Å². The van der Waals surface area contributed by atoms with E-state index in [2.05, 4.69) is 15.9 Å². The zero-order valence-electron chi connectivity index (χ0n) is 9.60. The summed E-state index contributed by atoms with van der Waals surface area (Å²) in [4.78, 5) is 22.9. The second kappa shape index (κ2) is 5.99. The third-order valence-corrected chi connectivity index (χ3v) is 3.32. The van der Waals surface area contributed by atoms with Gasteiger partial charge in [-0.2, -0.15) is 0 Å². The van der Waals surface area contributed by atoms with Gasteiger partial charge in [-0.05, 0) is 46.3 Å². The van der Waals surface area contributed by atoms with Crippen LogP contribution in [0.25, 0.3) is 0 Å². The number of halogens is 2. The molecule has 0 N–H and O–H groups in total. The van der Waals surface area contributed by atoms with Crippen LogP contribution in [0.5, 0.6) is 5.75 Å². The van der Waals surface area contributed by atoms with E-state index in [1.54, 1.807) is 30.3 Å². The van der Waals surface area contributed by atoms with E-state index >= 15 is 0 Å². The molecule has 0 saturated carbocycles. The van der Waals surface area contributed by atoms with Crippen molar-refractivity contribution in [2.45, 2.75) is 0 Å². The van der Waals surface area contributed by atoms with E-state index < -0.39 is 5.97 Å². The molecule has 3 nitrogen and oxygen atoms in total. The maximum absolute atomic E-state index is 12.0. The number of ether oxygens (including phenoxy) is 1. The molecule has 0 unspecified atom stereocenters. The maximum Gasteiger partial charge on any atom is 0.344 e. The molecule has 0 atom stereocenters. The van der Waals surface area contributed by atoms with Crippen molar-refractivity contribution in [3.63, 3.8) is 0 Å². The highest BCUT2D eigenvalue weighted by molar-refractivity contribution is 9.10. The fourth-order valence-corrected chi connectivity index (χ4v) is 2.11. The molecule has 0 amide bonds. The van der Waals surface area contributed by atoms with Crippen molar-refractivity contribution in [1.29, 1.82) is 0 Å². The van der Waals surface area contributed by atoms with E-state index in [0.717, 1.165) is 0 Å². The molecule has 0 radical (unpaired) electrons. The number of carbonyl (C=O) groups excluding carboxylic acids is 2. The van der Waals surface area contributed by atoms with Gasteiger partial charge in [-0.3, -0.25) is 4.79 Å². The van der Waals surface area contributed by atoms with Crippen molar-refractivity contribution < 1.29 is 14.3 Å². The monoisotopic (exact) mass is 338 g/mol. The van der Waals surface area contributed by atoms with E-state index in [9.17, 15) is 9.59 Å². The summed E-state index contributed by atoms with van der Waals surface area (Å²) in [5.74, 6) is -0.363. The first-order valence-corrected chi connectivity index (χ1v) is 6.50. The molecular formula is C14H8BrClO3. The van der Waals surface area contributed by atoms with E-state index in [0.29, 0.717) is 21.3 Å². The number of carbonyl (C=O) groups is 2. The predicted molar refractivity (Wildman–Crippen MR) is 75.9 cm³/mol. The molecule has 0 fully saturated rings. The quantitative estimate of drug-likeness (QED) is 0.480. The SMILES string of the molecule is O=Cc1cc(Cl)ccc1OC(=O)c1ccccc1Br. The summed E-state index contributed by atoms with van der Waals surface area (Å²) < 4.78 is 5.83. The Balaban J connectivity index is 2.29. The Morgan fingerprint density at radius 2 is 1.95 bits per heavy atom. The number of esters is 1. The van der Waals surface area contributed by atoms with Gasteiger partial charge in [0.25, 0.3) is 0 Å². The van der Waals surface area contributed by atoms with Crippen LogP contribution in [0.3, 0.4) is 0 Å². The average Bonchev–Trinajstić information content (AvgIpc) is 2.41. The summed E-state index contributed by atoms with van der Waals surface area (Å²) in [6, 6.07) is 11.4. The maximum atomic E-state index is 12.0. The van der Waals surface area contributed by atoms with Gasteiger partial charge in [0.15, 0.2) is 6.29 Å². The van der Waals surface area contributed by atoms with Gasteiger partial charge in [-0.25, -0.2) is 4.79 Å². The Bertz CT molecular complexity index is 640. The van der Waals surface area contributed by atoms with Crippen LogP contribution in [0.4, 0.5) is 0 Å². The molecule has 96 valence electrons.